The summed E-state index contributed by atoms with van der Waals surface area (Å²) in [5.41, 5.74) is 1.34. The standard InChI is InChI=1S/C27H30N4O5S/c1-19-10-8-9-13-24(19)31(3)37(34,35)29-26(33)28-27(18-23(27)20-11-6-5-7-12-20)25(32)30(2)21-14-16-22(36-4)17-15-21/h5-17,23H,18H2,1-4H3,(H2,28,29,33)/t23?,27-/m0/s1. The van der Waals surface area contributed by atoms with E-state index in [1.807, 2.05) is 30.3 Å². The van der Waals surface area contributed by atoms with Crippen LogP contribution in [0, 0.1) is 6.92 Å². The summed E-state index contributed by atoms with van der Waals surface area (Å²) in [7, 11) is 0.302. The molecule has 0 heterocycles. The first kappa shape index (κ1) is 26.0. The van der Waals surface area contributed by atoms with Crippen LogP contribution in [0.15, 0.2) is 78.9 Å². The van der Waals surface area contributed by atoms with Crippen LogP contribution in [-0.2, 0) is 15.0 Å². The molecule has 3 aromatic carbocycles. The number of benzene rings is 3. The molecule has 10 heteroatoms. The fraction of sp³-hybridized carbons (Fsp3) is 0.259. The molecule has 0 radical (unpaired) electrons. The third-order valence-corrected chi connectivity index (χ3v) is 8.04. The van der Waals surface area contributed by atoms with Crippen LogP contribution in [0.5, 0.6) is 5.75 Å². The Morgan fingerprint density at radius 3 is 2.19 bits per heavy atom. The Morgan fingerprint density at radius 2 is 1.57 bits per heavy atom. The topological polar surface area (TPSA) is 108 Å². The van der Waals surface area contributed by atoms with Crippen LogP contribution >= 0.6 is 0 Å². The van der Waals surface area contributed by atoms with E-state index in [9.17, 15) is 18.0 Å². The quantitative estimate of drug-likeness (QED) is 0.470. The molecule has 0 aromatic heterocycles. The number of amides is 3. The van der Waals surface area contributed by atoms with E-state index in [2.05, 4.69) is 10.0 Å². The Kier molecular flexibility index (Phi) is 7.13. The van der Waals surface area contributed by atoms with Gasteiger partial charge in [0.2, 0.25) is 0 Å². The van der Waals surface area contributed by atoms with Crippen molar-refractivity contribution < 1.29 is 22.7 Å². The van der Waals surface area contributed by atoms with Gasteiger partial charge in [0.1, 0.15) is 11.3 Å². The van der Waals surface area contributed by atoms with Crippen LogP contribution in [-0.4, -0.2) is 47.1 Å². The second-order valence-corrected chi connectivity index (χ2v) is 10.7. The van der Waals surface area contributed by atoms with Crippen molar-refractivity contribution in [3.05, 3.63) is 90.0 Å². The lowest BCUT2D eigenvalue weighted by atomic mass is 10.0. The summed E-state index contributed by atoms with van der Waals surface area (Å²) in [5.74, 6) is -0.0239. The number of ether oxygens (including phenoxy) is 1. The fourth-order valence-electron chi connectivity index (χ4n) is 4.46. The van der Waals surface area contributed by atoms with Crippen molar-refractivity contribution in [3.63, 3.8) is 0 Å². The van der Waals surface area contributed by atoms with Crippen LogP contribution in [0.1, 0.15) is 23.5 Å². The first-order valence-electron chi connectivity index (χ1n) is 11.7. The average Bonchev–Trinajstić information content (AvgIpc) is 3.62. The minimum absolute atomic E-state index is 0.315. The molecular formula is C27H30N4O5S. The molecule has 0 bridgehead atoms. The molecule has 4 rings (SSSR count). The van der Waals surface area contributed by atoms with Crippen LogP contribution in [0.25, 0.3) is 0 Å². The predicted octanol–water partition coefficient (Wildman–Crippen LogP) is 3.57. The van der Waals surface area contributed by atoms with Crippen molar-refractivity contribution in [2.75, 3.05) is 30.4 Å². The van der Waals surface area contributed by atoms with E-state index in [0.717, 1.165) is 15.4 Å². The summed E-state index contributed by atoms with van der Waals surface area (Å²) >= 11 is 0. The molecular weight excluding hydrogens is 492 g/mol. The first-order chi connectivity index (χ1) is 17.6. The molecule has 2 atom stereocenters. The van der Waals surface area contributed by atoms with Crippen molar-refractivity contribution in [2.45, 2.75) is 24.8 Å². The highest BCUT2D eigenvalue weighted by molar-refractivity contribution is 7.91. The third kappa shape index (κ3) is 5.24. The van der Waals surface area contributed by atoms with Gasteiger partial charge in [0.25, 0.3) is 5.91 Å². The van der Waals surface area contributed by atoms with Gasteiger partial charge in [0.15, 0.2) is 0 Å². The van der Waals surface area contributed by atoms with Gasteiger partial charge in [0.05, 0.1) is 12.8 Å². The molecule has 1 aliphatic carbocycles. The Balaban J connectivity index is 1.58. The normalized spacial score (nSPS) is 18.4. The van der Waals surface area contributed by atoms with Gasteiger partial charge in [-0.15, -0.1) is 0 Å². The number of nitrogens with one attached hydrogen (secondary N) is 2. The fourth-order valence-corrected chi connectivity index (χ4v) is 5.35. The lowest BCUT2D eigenvalue weighted by Gasteiger charge is -2.27. The zero-order chi connectivity index (χ0) is 26.8. The highest BCUT2D eigenvalue weighted by Gasteiger charge is 2.63. The van der Waals surface area contributed by atoms with Crippen molar-refractivity contribution in [1.82, 2.24) is 10.0 Å². The van der Waals surface area contributed by atoms with Gasteiger partial charge in [-0.3, -0.25) is 9.10 Å². The molecule has 0 saturated heterocycles. The number of anilines is 2. The number of carbonyl (C=O) groups is 2. The molecule has 9 nitrogen and oxygen atoms in total. The second kappa shape index (κ2) is 10.1. The molecule has 0 aliphatic heterocycles. The Bertz CT molecular complexity index is 1400. The van der Waals surface area contributed by atoms with Crippen LogP contribution in [0.3, 0.4) is 0 Å². The number of rotatable bonds is 8. The molecule has 1 fully saturated rings. The number of nitrogens with zero attached hydrogens (tertiary/aromatic N) is 2. The lowest BCUT2D eigenvalue weighted by molar-refractivity contribution is -0.121. The Labute approximate surface area is 217 Å². The first-order valence-corrected chi connectivity index (χ1v) is 13.1. The Hall–Kier alpha value is -4.05. The SMILES string of the molecule is COc1ccc(N(C)C(=O)[C@]2(NC(=O)NS(=O)(=O)N(C)c3ccccc3C)CC2c2ccccc2)cc1. The van der Waals surface area contributed by atoms with Gasteiger partial charge in [-0.05, 0) is 54.8 Å². The maximum atomic E-state index is 13.8. The highest BCUT2D eigenvalue weighted by atomic mass is 32.2. The zero-order valence-electron chi connectivity index (χ0n) is 21.1. The number of carbonyl (C=O) groups excluding carboxylic acids is 2. The molecule has 194 valence electrons. The summed E-state index contributed by atoms with van der Waals surface area (Å²) in [4.78, 5) is 28.3. The van der Waals surface area contributed by atoms with E-state index in [-0.39, 0.29) is 11.8 Å². The van der Waals surface area contributed by atoms with E-state index in [0.29, 0.717) is 23.5 Å². The van der Waals surface area contributed by atoms with Crippen molar-refractivity contribution >= 4 is 33.5 Å². The van der Waals surface area contributed by atoms with Gasteiger partial charge in [0, 0.05) is 25.7 Å². The molecule has 0 spiro atoms. The second-order valence-electron chi connectivity index (χ2n) is 9.02. The minimum atomic E-state index is -4.24. The Morgan fingerprint density at radius 1 is 0.946 bits per heavy atom. The van der Waals surface area contributed by atoms with E-state index in [1.54, 1.807) is 69.6 Å². The zero-order valence-corrected chi connectivity index (χ0v) is 22.0. The van der Waals surface area contributed by atoms with E-state index in [4.69, 9.17) is 4.74 Å². The molecule has 1 unspecified atom stereocenters. The number of aryl methyl sites for hydroxylation is 1. The monoisotopic (exact) mass is 522 g/mol. The average molecular weight is 523 g/mol. The smallest absolute Gasteiger partial charge is 0.330 e. The molecule has 1 saturated carbocycles. The number of methoxy groups -OCH3 is 1. The van der Waals surface area contributed by atoms with Crippen LogP contribution in [0.4, 0.5) is 16.2 Å². The molecule has 2 N–H and O–H groups in total. The summed E-state index contributed by atoms with van der Waals surface area (Å²) in [5, 5.41) is 2.69. The molecule has 3 aromatic rings. The minimum Gasteiger partial charge on any atom is -0.497 e. The summed E-state index contributed by atoms with van der Waals surface area (Å²) in [6.07, 6.45) is 0.331. The van der Waals surface area contributed by atoms with E-state index >= 15 is 0 Å². The number of hydrogen-bond donors (Lipinski definition) is 2. The van der Waals surface area contributed by atoms with Crippen molar-refractivity contribution in [3.8, 4) is 5.75 Å². The van der Waals surface area contributed by atoms with Crippen LogP contribution < -0.4 is 24.0 Å². The molecule has 3 amide bonds. The molecule has 37 heavy (non-hydrogen) atoms. The van der Waals surface area contributed by atoms with Gasteiger partial charge in [-0.25, -0.2) is 9.52 Å². The maximum Gasteiger partial charge on any atom is 0.330 e. The number of urea groups is 1. The predicted molar refractivity (Wildman–Crippen MR) is 143 cm³/mol. The van der Waals surface area contributed by atoms with Gasteiger partial charge < -0.3 is 15.0 Å². The van der Waals surface area contributed by atoms with E-state index in [1.165, 1.54) is 11.9 Å². The van der Waals surface area contributed by atoms with Gasteiger partial charge in [-0.1, -0.05) is 48.5 Å². The largest absolute Gasteiger partial charge is 0.497 e. The molecule has 1 aliphatic rings. The maximum absolute atomic E-state index is 13.8. The van der Waals surface area contributed by atoms with Gasteiger partial charge in [-0.2, -0.15) is 8.42 Å². The third-order valence-electron chi connectivity index (χ3n) is 6.68. The van der Waals surface area contributed by atoms with Gasteiger partial charge >= 0.3 is 16.2 Å². The number of hydrogen-bond acceptors (Lipinski definition) is 5. The summed E-state index contributed by atoms with van der Waals surface area (Å²) < 4.78 is 34.2. The lowest BCUT2D eigenvalue weighted by Crippen LogP contribution is -2.56. The van der Waals surface area contributed by atoms with Crippen LogP contribution in [0.2, 0.25) is 0 Å². The summed E-state index contributed by atoms with van der Waals surface area (Å²) in [6, 6.07) is 22.3. The van der Waals surface area contributed by atoms with Crippen molar-refractivity contribution in [2.24, 2.45) is 0 Å². The number of likely N-dealkylation sites (N-methyl/N-ethyl adjacent to an activating group) is 1. The van der Waals surface area contributed by atoms with Crippen molar-refractivity contribution in [1.29, 1.82) is 0 Å². The highest BCUT2D eigenvalue weighted by Crippen LogP contribution is 2.52. The number of para-hydroxylation sites is 1. The van der Waals surface area contributed by atoms with E-state index < -0.39 is 21.8 Å². The summed E-state index contributed by atoms with van der Waals surface area (Å²) in [6.45, 7) is 1.78.